The van der Waals surface area contributed by atoms with Crippen LogP contribution >= 0.6 is 0 Å². The Morgan fingerprint density at radius 1 is 1.48 bits per heavy atom. The lowest BCUT2D eigenvalue weighted by Crippen LogP contribution is -2.60. The molecule has 0 aromatic carbocycles. The molecule has 21 heavy (non-hydrogen) atoms. The largest absolute Gasteiger partial charge is 0.469 e. The molecule has 1 fully saturated rings. The number of allylic oxidation sites excluding steroid dienone is 1. The Balaban J connectivity index is 2.36. The maximum atomic E-state index is 12.2. The van der Waals surface area contributed by atoms with Crippen LogP contribution in [0.1, 0.15) is 33.6 Å². The fraction of sp³-hybridized carbons (Fsp3) is 0.750. The van der Waals surface area contributed by atoms with Gasteiger partial charge in [-0.3, -0.25) is 9.59 Å². The molecule has 5 nitrogen and oxygen atoms in total. The zero-order valence-corrected chi connectivity index (χ0v) is 13.0. The lowest BCUT2D eigenvalue weighted by Gasteiger charge is -2.53. The number of ether oxygens (including phenoxy) is 1. The fourth-order valence-corrected chi connectivity index (χ4v) is 4.13. The van der Waals surface area contributed by atoms with Crippen LogP contribution in [0.2, 0.25) is 0 Å². The summed E-state index contributed by atoms with van der Waals surface area (Å²) in [5.74, 6) is -1.84. The Morgan fingerprint density at radius 2 is 2.10 bits per heavy atom. The lowest BCUT2D eigenvalue weighted by atomic mass is 9.52. The zero-order chi connectivity index (χ0) is 16.0. The molecule has 0 spiro atoms. The number of rotatable bonds is 2. The van der Waals surface area contributed by atoms with Crippen molar-refractivity contribution >= 4 is 11.8 Å². The van der Waals surface area contributed by atoms with Crippen molar-refractivity contribution in [2.45, 2.75) is 45.3 Å². The first-order valence-electron chi connectivity index (χ1n) is 7.37. The van der Waals surface area contributed by atoms with Crippen LogP contribution in [0, 0.1) is 23.2 Å². The van der Waals surface area contributed by atoms with Gasteiger partial charge < -0.3 is 14.9 Å². The van der Waals surface area contributed by atoms with E-state index in [0.717, 1.165) is 0 Å². The van der Waals surface area contributed by atoms with E-state index in [-0.39, 0.29) is 17.7 Å². The van der Waals surface area contributed by atoms with Crippen LogP contribution in [0.5, 0.6) is 0 Å². The minimum absolute atomic E-state index is 0.0674. The summed E-state index contributed by atoms with van der Waals surface area (Å²) in [6.07, 6.45) is 3.03. The van der Waals surface area contributed by atoms with Crippen molar-refractivity contribution in [3.8, 4) is 0 Å². The average molecular weight is 296 g/mol. The summed E-state index contributed by atoms with van der Waals surface area (Å²) in [5, 5.41) is 21.3. The second-order valence-corrected chi connectivity index (χ2v) is 6.82. The summed E-state index contributed by atoms with van der Waals surface area (Å²) >= 11 is 0. The van der Waals surface area contributed by atoms with Gasteiger partial charge in [-0.15, -0.1) is 0 Å². The van der Waals surface area contributed by atoms with Crippen molar-refractivity contribution in [2.75, 3.05) is 7.11 Å². The molecule has 0 radical (unpaired) electrons. The molecule has 2 aliphatic rings. The van der Waals surface area contributed by atoms with Gasteiger partial charge in [0, 0.05) is 11.3 Å². The van der Waals surface area contributed by atoms with Gasteiger partial charge in [-0.1, -0.05) is 13.8 Å². The Labute approximate surface area is 125 Å². The molecule has 0 bridgehead atoms. The smallest absolute Gasteiger partial charge is 0.308 e. The topological polar surface area (TPSA) is 83.8 Å². The summed E-state index contributed by atoms with van der Waals surface area (Å²) in [6, 6.07) is 0. The highest BCUT2D eigenvalue weighted by atomic mass is 16.5. The molecule has 118 valence electrons. The van der Waals surface area contributed by atoms with Gasteiger partial charge in [0.2, 0.25) is 0 Å². The molecule has 0 heterocycles. The molecule has 0 aromatic rings. The summed E-state index contributed by atoms with van der Waals surface area (Å²) < 4.78 is 4.75. The lowest BCUT2D eigenvalue weighted by molar-refractivity contribution is -0.172. The molecule has 6 atom stereocenters. The van der Waals surface area contributed by atoms with Gasteiger partial charge in [0.1, 0.15) is 0 Å². The van der Waals surface area contributed by atoms with Crippen molar-refractivity contribution in [2.24, 2.45) is 23.2 Å². The van der Waals surface area contributed by atoms with E-state index in [1.54, 1.807) is 20.8 Å². The predicted octanol–water partition coefficient (Wildman–Crippen LogP) is 1.08. The van der Waals surface area contributed by atoms with Crippen molar-refractivity contribution in [1.82, 2.24) is 0 Å². The van der Waals surface area contributed by atoms with Gasteiger partial charge in [0.15, 0.2) is 5.78 Å². The molecule has 2 N–H and O–H groups in total. The van der Waals surface area contributed by atoms with E-state index in [1.165, 1.54) is 19.3 Å². The number of fused-ring (bicyclic) bond motifs is 1. The molecule has 2 aliphatic carbocycles. The highest BCUT2D eigenvalue weighted by Crippen LogP contribution is 2.53. The number of hydrogen-bond donors (Lipinski definition) is 2. The third kappa shape index (κ3) is 2.42. The first kappa shape index (κ1) is 16.2. The van der Waals surface area contributed by atoms with Crippen molar-refractivity contribution in [1.29, 1.82) is 0 Å². The van der Waals surface area contributed by atoms with Crippen LogP contribution in [0.3, 0.4) is 0 Å². The van der Waals surface area contributed by atoms with E-state index in [0.29, 0.717) is 12.8 Å². The minimum Gasteiger partial charge on any atom is -0.469 e. The molecule has 5 heteroatoms. The fourth-order valence-electron chi connectivity index (χ4n) is 4.13. The van der Waals surface area contributed by atoms with Crippen LogP contribution in [-0.2, 0) is 14.3 Å². The highest BCUT2D eigenvalue weighted by molar-refractivity contribution is 5.96. The summed E-state index contributed by atoms with van der Waals surface area (Å²) in [7, 11) is 1.32. The van der Waals surface area contributed by atoms with E-state index in [2.05, 4.69) is 0 Å². The van der Waals surface area contributed by atoms with Gasteiger partial charge in [0.05, 0.1) is 24.7 Å². The van der Waals surface area contributed by atoms with Crippen LogP contribution < -0.4 is 0 Å². The Kier molecular flexibility index (Phi) is 4.02. The molecule has 1 saturated carbocycles. The van der Waals surface area contributed by atoms with Crippen molar-refractivity contribution in [3.05, 3.63) is 12.2 Å². The standard InChI is InChI=1S/C16H24O5/c1-9(14(19)21-4)10-5-7-15(2)11(17)6-8-16(3,20)13(15)12(10)18/h6,8-10,12-13,18,20H,5,7H2,1-4H3/t9-,10+,12+,13+,15+,16-/m0/s1. The first-order valence-corrected chi connectivity index (χ1v) is 7.37. The average Bonchev–Trinajstić information content (AvgIpc) is 2.42. The van der Waals surface area contributed by atoms with Crippen LogP contribution in [-0.4, -0.2) is 40.8 Å². The van der Waals surface area contributed by atoms with E-state index in [4.69, 9.17) is 4.74 Å². The third-order valence-corrected chi connectivity index (χ3v) is 5.44. The first-order chi connectivity index (χ1) is 9.65. The number of esters is 1. The van der Waals surface area contributed by atoms with Crippen LogP contribution in [0.15, 0.2) is 12.2 Å². The van der Waals surface area contributed by atoms with Gasteiger partial charge in [-0.25, -0.2) is 0 Å². The number of hydrogen-bond acceptors (Lipinski definition) is 5. The van der Waals surface area contributed by atoms with Gasteiger partial charge in [-0.05, 0) is 37.8 Å². The number of methoxy groups -OCH3 is 1. The maximum Gasteiger partial charge on any atom is 0.308 e. The number of aliphatic hydroxyl groups is 2. The van der Waals surface area contributed by atoms with E-state index in [1.807, 2.05) is 0 Å². The van der Waals surface area contributed by atoms with E-state index >= 15 is 0 Å². The number of carbonyl (C=O) groups excluding carboxylic acids is 2. The SMILES string of the molecule is COC(=O)[C@@H](C)[C@H]1CC[C@]2(C)C(=O)C=C[C@](C)(O)[C@@H]2[C@@H]1O. The zero-order valence-electron chi connectivity index (χ0n) is 13.0. The normalized spacial score (nSPS) is 44.1. The monoisotopic (exact) mass is 296 g/mol. The molecule has 2 rings (SSSR count). The predicted molar refractivity (Wildman–Crippen MR) is 76.3 cm³/mol. The van der Waals surface area contributed by atoms with Crippen molar-refractivity contribution in [3.63, 3.8) is 0 Å². The number of ketones is 1. The molecule has 0 saturated heterocycles. The third-order valence-electron chi connectivity index (χ3n) is 5.44. The molecular formula is C16H24O5. The maximum absolute atomic E-state index is 12.2. The summed E-state index contributed by atoms with van der Waals surface area (Å²) in [5.41, 5.74) is -2.05. The Morgan fingerprint density at radius 3 is 2.67 bits per heavy atom. The highest BCUT2D eigenvalue weighted by Gasteiger charge is 2.58. The second-order valence-electron chi connectivity index (χ2n) is 6.82. The van der Waals surface area contributed by atoms with Gasteiger partial charge in [-0.2, -0.15) is 0 Å². The minimum atomic E-state index is -1.27. The van der Waals surface area contributed by atoms with Gasteiger partial charge in [0.25, 0.3) is 0 Å². The van der Waals surface area contributed by atoms with Crippen LogP contribution in [0.4, 0.5) is 0 Å². The summed E-state index contributed by atoms with van der Waals surface area (Å²) in [4.78, 5) is 24.0. The van der Waals surface area contributed by atoms with E-state index < -0.39 is 29.0 Å². The summed E-state index contributed by atoms with van der Waals surface area (Å²) in [6.45, 7) is 5.12. The molecule has 0 unspecified atom stereocenters. The van der Waals surface area contributed by atoms with Crippen LogP contribution in [0.25, 0.3) is 0 Å². The molecule has 0 aromatic heterocycles. The van der Waals surface area contributed by atoms with Gasteiger partial charge >= 0.3 is 5.97 Å². The quantitative estimate of drug-likeness (QED) is 0.745. The molecule has 0 amide bonds. The van der Waals surface area contributed by atoms with E-state index in [9.17, 15) is 19.8 Å². The Bertz CT molecular complexity index is 481. The second kappa shape index (κ2) is 5.21. The Hall–Kier alpha value is -1.20. The number of carbonyl (C=O) groups is 2. The molecule has 0 aliphatic heterocycles. The number of aliphatic hydroxyl groups excluding tert-OH is 1. The van der Waals surface area contributed by atoms with Crippen molar-refractivity contribution < 1.29 is 24.5 Å². The molecular weight excluding hydrogens is 272 g/mol.